The standard InChI is InChI=1S/C27H23N5O/c1-2-6-26(33)31-21-9-11-25-23(16-21)27(30-18-29-25)32(17-19-7-4-3-5-8-19)22-10-12-24-20(15-22)13-14-28-24/h2-16,18,28H,17H2,1H3,(H,31,33). The predicted octanol–water partition coefficient (Wildman–Crippen LogP) is 5.96. The Morgan fingerprint density at radius 1 is 1.03 bits per heavy atom. The van der Waals surface area contributed by atoms with Crippen LogP contribution in [-0.4, -0.2) is 20.9 Å². The maximum Gasteiger partial charge on any atom is 0.248 e. The van der Waals surface area contributed by atoms with Crippen molar-refractivity contribution in [3.05, 3.63) is 103 Å². The van der Waals surface area contributed by atoms with E-state index in [4.69, 9.17) is 0 Å². The van der Waals surface area contributed by atoms with Crippen LogP contribution in [0.2, 0.25) is 0 Å². The lowest BCUT2D eigenvalue weighted by atomic mass is 10.1. The molecule has 0 aliphatic carbocycles. The van der Waals surface area contributed by atoms with E-state index in [1.807, 2.05) is 49.5 Å². The number of aromatic amines is 1. The number of nitrogens with zero attached hydrogens (tertiary/aromatic N) is 3. The molecule has 5 rings (SSSR count). The zero-order valence-electron chi connectivity index (χ0n) is 18.2. The maximum atomic E-state index is 12.1. The molecule has 0 saturated heterocycles. The highest BCUT2D eigenvalue weighted by molar-refractivity contribution is 6.02. The van der Waals surface area contributed by atoms with E-state index in [1.165, 1.54) is 6.08 Å². The first-order valence-corrected chi connectivity index (χ1v) is 10.8. The minimum Gasteiger partial charge on any atom is -0.361 e. The van der Waals surface area contributed by atoms with Gasteiger partial charge < -0.3 is 15.2 Å². The van der Waals surface area contributed by atoms with Crippen molar-refractivity contribution in [1.29, 1.82) is 0 Å². The van der Waals surface area contributed by atoms with Crippen LogP contribution in [0, 0.1) is 0 Å². The fourth-order valence-electron chi connectivity index (χ4n) is 3.93. The summed E-state index contributed by atoms with van der Waals surface area (Å²) >= 11 is 0. The molecule has 0 radical (unpaired) electrons. The average Bonchev–Trinajstić information content (AvgIpc) is 3.31. The largest absolute Gasteiger partial charge is 0.361 e. The van der Waals surface area contributed by atoms with Crippen molar-refractivity contribution < 1.29 is 4.79 Å². The smallest absolute Gasteiger partial charge is 0.248 e. The Bertz CT molecular complexity index is 1460. The normalized spacial score (nSPS) is 11.3. The van der Waals surface area contributed by atoms with Crippen LogP contribution in [0.25, 0.3) is 21.8 Å². The molecule has 2 N–H and O–H groups in total. The molecule has 5 aromatic rings. The highest BCUT2D eigenvalue weighted by atomic mass is 16.1. The van der Waals surface area contributed by atoms with E-state index in [-0.39, 0.29) is 5.91 Å². The van der Waals surface area contributed by atoms with E-state index < -0.39 is 0 Å². The molecule has 162 valence electrons. The number of carbonyl (C=O) groups excluding carboxylic acids is 1. The van der Waals surface area contributed by atoms with Gasteiger partial charge in [0.2, 0.25) is 5.91 Å². The number of anilines is 3. The number of hydrogen-bond acceptors (Lipinski definition) is 4. The summed E-state index contributed by atoms with van der Waals surface area (Å²) in [5, 5.41) is 4.90. The van der Waals surface area contributed by atoms with Gasteiger partial charge in [0.15, 0.2) is 0 Å². The lowest BCUT2D eigenvalue weighted by Crippen LogP contribution is -2.18. The second-order valence-corrected chi connectivity index (χ2v) is 7.74. The van der Waals surface area contributed by atoms with Gasteiger partial charge in [-0.05, 0) is 61.0 Å². The molecule has 33 heavy (non-hydrogen) atoms. The van der Waals surface area contributed by atoms with Crippen LogP contribution >= 0.6 is 0 Å². The third kappa shape index (κ3) is 4.32. The summed E-state index contributed by atoms with van der Waals surface area (Å²) in [7, 11) is 0. The Kier molecular flexibility index (Phi) is 5.55. The highest BCUT2D eigenvalue weighted by Gasteiger charge is 2.17. The number of nitrogens with one attached hydrogen (secondary N) is 2. The van der Waals surface area contributed by atoms with Crippen LogP contribution in [0.15, 0.2) is 97.5 Å². The van der Waals surface area contributed by atoms with E-state index in [2.05, 4.69) is 61.6 Å². The molecule has 2 heterocycles. The van der Waals surface area contributed by atoms with Crippen molar-refractivity contribution in [2.24, 2.45) is 0 Å². The molecule has 2 aromatic heterocycles. The maximum absolute atomic E-state index is 12.1. The third-order valence-electron chi connectivity index (χ3n) is 5.49. The summed E-state index contributed by atoms with van der Waals surface area (Å²) in [5.74, 6) is 0.607. The molecule has 0 atom stereocenters. The van der Waals surface area contributed by atoms with Crippen LogP contribution in [0.1, 0.15) is 12.5 Å². The Hall–Kier alpha value is -4.45. The van der Waals surface area contributed by atoms with Crippen molar-refractivity contribution >= 4 is 44.9 Å². The second-order valence-electron chi connectivity index (χ2n) is 7.74. The number of H-pyrrole nitrogens is 1. The third-order valence-corrected chi connectivity index (χ3v) is 5.49. The van der Waals surface area contributed by atoms with Gasteiger partial charge in [-0.3, -0.25) is 4.79 Å². The molecule has 0 unspecified atom stereocenters. The first kappa shape index (κ1) is 20.5. The summed E-state index contributed by atoms with van der Waals surface area (Å²) in [5.41, 5.74) is 4.78. The molecular formula is C27H23N5O. The van der Waals surface area contributed by atoms with Crippen molar-refractivity contribution in [3.63, 3.8) is 0 Å². The first-order chi connectivity index (χ1) is 16.2. The fourth-order valence-corrected chi connectivity index (χ4v) is 3.93. The van der Waals surface area contributed by atoms with E-state index in [9.17, 15) is 4.79 Å². The quantitative estimate of drug-likeness (QED) is 0.324. The number of carbonyl (C=O) groups is 1. The van der Waals surface area contributed by atoms with Crippen LogP contribution in [-0.2, 0) is 11.3 Å². The van der Waals surface area contributed by atoms with E-state index in [0.29, 0.717) is 12.2 Å². The van der Waals surface area contributed by atoms with Crippen molar-refractivity contribution in [3.8, 4) is 0 Å². The van der Waals surface area contributed by atoms with Gasteiger partial charge in [-0.15, -0.1) is 0 Å². The van der Waals surface area contributed by atoms with Gasteiger partial charge in [0.1, 0.15) is 12.1 Å². The number of aromatic nitrogens is 3. The number of amides is 1. The molecule has 0 aliphatic heterocycles. The van der Waals surface area contributed by atoms with Crippen molar-refractivity contribution in [1.82, 2.24) is 15.0 Å². The molecule has 0 fully saturated rings. The van der Waals surface area contributed by atoms with E-state index in [1.54, 1.807) is 12.4 Å². The molecular weight excluding hydrogens is 410 g/mol. The highest BCUT2D eigenvalue weighted by Crippen LogP contribution is 2.34. The Balaban J connectivity index is 1.64. The van der Waals surface area contributed by atoms with Crippen LogP contribution in [0.4, 0.5) is 17.2 Å². The molecule has 6 nitrogen and oxygen atoms in total. The molecule has 3 aromatic carbocycles. The average molecular weight is 434 g/mol. The number of fused-ring (bicyclic) bond motifs is 2. The SMILES string of the molecule is CC=CC(=O)Nc1ccc2ncnc(N(Cc3ccccc3)c3ccc4[nH]ccc4c3)c2c1. The lowest BCUT2D eigenvalue weighted by Gasteiger charge is -2.25. The monoisotopic (exact) mass is 433 g/mol. The van der Waals surface area contributed by atoms with Gasteiger partial charge in [0, 0.05) is 40.4 Å². The van der Waals surface area contributed by atoms with Crippen LogP contribution < -0.4 is 10.2 Å². The molecule has 6 heteroatoms. The van der Waals surface area contributed by atoms with Crippen molar-refractivity contribution in [2.45, 2.75) is 13.5 Å². The van der Waals surface area contributed by atoms with E-state index >= 15 is 0 Å². The number of allylic oxidation sites excluding steroid dienone is 1. The Morgan fingerprint density at radius 2 is 1.91 bits per heavy atom. The lowest BCUT2D eigenvalue weighted by molar-refractivity contribution is -0.111. The van der Waals surface area contributed by atoms with Crippen LogP contribution in [0.3, 0.4) is 0 Å². The zero-order valence-corrected chi connectivity index (χ0v) is 18.2. The van der Waals surface area contributed by atoms with Gasteiger partial charge in [-0.25, -0.2) is 9.97 Å². The fraction of sp³-hybridized carbons (Fsp3) is 0.0741. The summed E-state index contributed by atoms with van der Waals surface area (Å²) < 4.78 is 0. The van der Waals surface area contributed by atoms with Gasteiger partial charge in [-0.1, -0.05) is 36.4 Å². The molecule has 0 saturated carbocycles. The molecule has 0 spiro atoms. The molecule has 0 bridgehead atoms. The Morgan fingerprint density at radius 3 is 2.76 bits per heavy atom. The summed E-state index contributed by atoms with van der Waals surface area (Å²) in [6, 6.07) is 24.4. The first-order valence-electron chi connectivity index (χ1n) is 10.8. The number of benzene rings is 3. The summed E-state index contributed by atoms with van der Waals surface area (Å²) in [6.45, 7) is 2.45. The second kappa shape index (κ2) is 8.96. The van der Waals surface area contributed by atoms with Crippen molar-refractivity contribution in [2.75, 3.05) is 10.2 Å². The minimum absolute atomic E-state index is 0.172. The van der Waals surface area contributed by atoms with Crippen LogP contribution in [0.5, 0.6) is 0 Å². The topological polar surface area (TPSA) is 73.9 Å². The molecule has 1 amide bonds. The van der Waals surface area contributed by atoms with Gasteiger partial charge in [-0.2, -0.15) is 0 Å². The predicted molar refractivity (Wildman–Crippen MR) is 134 cm³/mol. The molecule has 0 aliphatic rings. The Labute approximate surface area is 191 Å². The number of rotatable bonds is 6. The number of hydrogen-bond donors (Lipinski definition) is 2. The summed E-state index contributed by atoms with van der Waals surface area (Å²) in [4.78, 5) is 26.7. The minimum atomic E-state index is -0.172. The van der Waals surface area contributed by atoms with Gasteiger partial charge in [0.25, 0.3) is 0 Å². The zero-order chi connectivity index (χ0) is 22.6. The van der Waals surface area contributed by atoms with Gasteiger partial charge in [0.05, 0.1) is 5.52 Å². The summed E-state index contributed by atoms with van der Waals surface area (Å²) in [6.07, 6.45) is 6.74. The van der Waals surface area contributed by atoms with E-state index in [0.717, 1.165) is 38.9 Å². The van der Waals surface area contributed by atoms with Gasteiger partial charge >= 0.3 is 0 Å².